The first-order valence-electron chi connectivity index (χ1n) is 6.82. The van der Waals surface area contributed by atoms with Gasteiger partial charge in [0.2, 0.25) is 10.0 Å². The maximum Gasteiger partial charge on any atom is 0.350 e. The van der Waals surface area contributed by atoms with Crippen molar-refractivity contribution >= 4 is 17.6 Å². The second-order valence-corrected chi connectivity index (χ2v) is 8.83. The molecule has 118 valence electrons. The molecule has 0 radical (unpaired) electrons. The van der Waals surface area contributed by atoms with Crippen molar-refractivity contribution in [3.8, 4) is 0 Å². The smallest absolute Gasteiger partial charge is 0.308 e. The van der Waals surface area contributed by atoms with Gasteiger partial charge in [-0.15, -0.1) is 0 Å². The molecule has 0 aliphatic carbocycles. The highest BCUT2D eigenvalue weighted by molar-refractivity contribution is 7.89. The number of aryl methyl sites for hydroxylation is 1. The van der Waals surface area contributed by atoms with Crippen molar-refractivity contribution in [2.24, 2.45) is 0 Å². The van der Waals surface area contributed by atoms with Crippen LogP contribution in [0.25, 0.3) is 0 Å². The summed E-state index contributed by atoms with van der Waals surface area (Å²) in [7, 11) is -7.07. The fourth-order valence-corrected chi connectivity index (χ4v) is 6.11. The van der Waals surface area contributed by atoms with Crippen molar-refractivity contribution in [3.05, 3.63) is 29.8 Å². The lowest BCUT2D eigenvalue weighted by molar-refractivity contribution is 0.216. The quantitative estimate of drug-likeness (QED) is 0.566. The summed E-state index contributed by atoms with van der Waals surface area (Å²) in [6.45, 7) is 5.88. The van der Waals surface area contributed by atoms with Gasteiger partial charge in [0, 0.05) is 6.54 Å². The van der Waals surface area contributed by atoms with E-state index in [4.69, 9.17) is 9.05 Å². The minimum atomic E-state index is -3.65. The molecule has 2 unspecified atom stereocenters. The van der Waals surface area contributed by atoms with Crippen LogP contribution in [0.2, 0.25) is 0 Å². The normalized spacial score (nSPS) is 22.2. The van der Waals surface area contributed by atoms with Gasteiger partial charge in [-0.25, -0.2) is 8.42 Å². The molecule has 6 nitrogen and oxygen atoms in total. The van der Waals surface area contributed by atoms with Gasteiger partial charge >= 0.3 is 7.60 Å². The molecule has 1 aromatic rings. The molecule has 0 aromatic heterocycles. The van der Waals surface area contributed by atoms with Crippen LogP contribution in [0, 0.1) is 6.92 Å². The lowest BCUT2D eigenvalue weighted by atomic mass is 10.2. The molecule has 0 saturated carbocycles. The molecule has 1 fully saturated rings. The minimum absolute atomic E-state index is 0.160. The minimum Gasteiger partial charge on any atom is -0.308 e. The van der Waals surface area contributed by atoms with Crippen LogP contribution in [0.5, 0.6) is 0 Å². The molecular weight excluding hydrogens is 313 g/mol. The zero-order valence-corrected chi connectivity index (χ0v) is 14.1. The van der Waals surface area contributed by atoms with Crippen LogP contribution in [-0.2, 0) is 23.6 Å². The predicted octanol–water partition coefficient (Wildman–Crippen LogP) is 2.59. The van der Waals surface area contributed by atoms with E-state index in [9.17, 15) is 13.0 Å². The summed E-state index contributed by atoms with van der Waals surface area (Å²) < 4.78 is 49.1. The first-order valence-corrected chi connectivity index (χ1v) is 9.87. The van der Waals surface area contributed by atoms with Crippen LogP contribution in [-0.4, -0.2) is 38.3 Å². The lowest BCUT2D eigenvalue weighted by Crippen LogP contribution is -2.16. The monoisotopic (exact) mass is 333 g/mol. The zero-order chi connectivity index (χ0) is 15.7. The van der Waals surface area contributed by atoms with Crippen LogP contribution in [0.4, 0.5) is 0 Å². The van der Waals surface area contributed by atoms with Gasteiger partial charge in [-0.1, -0.05) is 17.7 Å². The topological polar surface area (TPSA) is 72.7 Å². The summed E-state index contributed by atoms with van der Waals surface area (Å²) in [4.78, 5) is 0.190. The maximum atomic E-state index is 12.6. The van der Waals surface area contributed by atoms with E-state index in [2.05, 4.69) is 0 Å². The molecule has 2 atom stereocenters. The van der Waals surface area contributed by atoms with Crippen LogP contribution in [0.3, 0.4) is 0 Å². The van der Waals surface area contributed by atoms with Crippen LogP contribution in [0.1, 0.15) is 19.4 Å². The van der Waals surface area contributed by atoms with Crippen molar-refractivity contribution in [1.82, 2.24) is 4.31 Å². The van der Waals surface area contributed by atoms with Gasteiger partial charge in [0.1, 0.15) is 5.78 Å². The van der Waals surface area contributed by atoms with E-state index in [-0.39, 0.29) is 24.7 Å². The first kappa shape index (κ1) is 16.6. The molecule has 1 aromatic carbocycles. The number of rotatable bonds is 7. The third-order valence-electron chi connectivity index (χ3n) is 3.15. The highest BCUT2D eigenvalue weighted by atomic mass is 32.2. The van der Waals surface area contributed by atoms with E-state index in [1.54, 1.807) is 38.1 Å². The Morgan fingerprint density at radius 2 is 1.71 bits per heavy atom. The summed E-state index contributed by atoms with van der Waals surface area (Å²) in [5, 5.41) is 0. The number of hydrogen-bond acceptors (Lipinski definition) is 5. The Labute approximate surface area is 125 Å². The highest BCUT2D eigenvalue weighted by Gasteiger charge is 2.57. The molecule has 1 saturated heterocycles. The van der Waals surface area contributed by atoms with Crippen LogP contribution < -0.4 is 0 Å². The van der Waals surface area contributed by atoms with E-state index in [0.717, 1.165) is 5.56 Å². The second-order valence-electron chi connectivity index (χ2n) is 4.74. The summed E-state index contributed by atoms with van der Waals surface area (Å²) >= 11 is 0. The standard InChI is InChI=1S/C13H20NO5PS/c1-4-18-20(15,19-5-2)13-10-14(13)21(16,17)12-8-6-11(3)7-9-12/h6-9,13H,4-5,10H2,1-3H3. The van der Waals surface area contributed by atoms with Crippen LogP contribution in [0.15, 0.2) is 29.2 Å². The Morgan fingerprint density at radius 3 is 2.19 bits per heavy atom. The third-order valence-corrected chi connectivity index (χ3v) is 7.61. The molecule has 1 heterocycles. The summed E-state index contributed by atoms with van der Waals surface area (Å²) in [5.41, 5.74) is 0.977. The SMILES string of the molecule is CCOP(=O)(OCC)C1CN1S(=O)(=O)c1ccc(C)cc1. The summed E-state index contributed by atoms with van der Waals surface area (Å²) in [6, 6.07) is 6.56. The van der Waals surface area contributed by atoms with Gasteiger partial charge < -0.3 is 9.05 Å². The van der Waals surface area contributed by atoms with Crippen molar-refractivity contribution < 1.29 is 22.0 Å². The average Bonchev–Trinajstić information content (AvgIpc) is 3.21. The Balaban J connectivity index is 2.21. The third kappa shape index (κ3) is 3.38. The maximum absolute atomic E-state index is 12.6. The van der Waals surface area contributed by atoms with Crippen molar-refractivity contribution in [2.45, 2.75) is 31.4 Å². The molecule has 8 heteroatoms. The molecule has 21 heavy (non-hydrogen) atoms. The van der Waals surface area contributed by atoms with E-state index in [1.165, 1.54) is 4.31 Å². The number of nitrogens with zero attached hydrogens (tertiary/aromatic N) is 1. The predicted molar refractivity (Wildman–Crippen MR) is 79.7 cm³/mol. The molecule has 0 amide bonds. The molecule has 2 rings (SSSR count). The summed E-state index contributed by atoms with van der Waals surface area (Å²) in [5.74, 6) is -0.719. The molecule has 0 bridgehead atoms. The largest absolute Gasteiger partial charge is 0.350 e. The van der Waals surface area contributed by atoms with Gasteiger partial charge in [0.25, 0.3) is 0 Å². The number of benzene rings is 1. The number of hydrogen-bond donors (Lipinski definition) is 0. The van der Waals surface area contributed by atoms with Gasteiger partial charge in [0.15, 0.2) is 0 Å². The first-order chi connectivity index (χ1) is 9.85. The Bertz CT molecular complexity index is 633. The Kier molecular flexibility index (Phi) is 4.90. The molecule has 1 aliphatic heterocycles. The van der Waals surface area contributed by atoms with E-state index < -0.39 is 23.4 Å². The molecule has 1 aliphatic rings. The average molecular weight is 333 g/mol. The fraction of sp³-hybridized carbons (Fsp3) is 0.538. The van der Waals surface area contributed by atoms with E-state index in [0.29, 0.717) is 0 Å². The Hall–Kier alpha value is -0.720. The highest BCUT2D eigenvalue weighted by Crippen LogP contribution is 2.60. The summed E-state index contributed by atoms with van der Waals surface area (Å²) in [6.07, 6.45) is 0. The van der Waals surface area contributed by atoms with Crippen LogP contribution >= 0.6 is 7.60 Å². The van der Waals surface area contributed by atoms with Gasteiger partial charge in [-0.05, 0) is 32.9 Å². The lowest BCUT2D eigenvalue weighted by Gasteiger charge is -2.17. The zero-order valence-electron chi connectivity index (χ0n) is 12.4. The van der Waals surface area contributed by atoms with Gasteiger partial charge in [0.05, 0.1) is 18.1 Å². The van der Waals surface area contributed by atoms with Crippen molar-refractivity contribution in [1.29, 1.82) is 0 Å². The van der Waals surface area contributed by atoms with Gasteiger partial charge in [-0.2, -0.15) is 4.31 Å². The Morgan fingerprint density at radius 1 is 1.19 bits per heavy atom. The van der Waals surface area contributed by atoms with Crippen molar-refractivity contribution in [3.63, 3.8) is 0 Å². The number of sulfonamides is 1. The van der Waals surface area contributed by atoms with E-state index >= 15 is 0 Å². The molecule has 0 N–H and O–H groups in total. The fourth-order valence-electron chi connectivity index (χ4n) is 2.04. The van der Waals surface area contributed by atoms with E-state index in [1.807, 2.05) is 6.92 Å². The molecular formula is C13H20NO5PS. The van der Waals surface area contributed by atoms with Crippen molar-refractivity contribution in [2.75, 3.05) is 19.8 Å². The molecule has 0 spiro atoms. The van der Waals surface area contributed by atoms with Gasteiger partial charge in [-0.3, -0.25) is 4.57 Å². The second kappa shape index (κ2) is 6.18.